The zero-order valence-electron chi connectivity index (χ0n) is 19.3. The molecule has 1 fully saturated rings. The van der Waals surface area contributed by atoms with E-state index in [-0.39, 0.29) is 24.0 Å². The summed E-state index contributed by atoms with van der Waals surface area (Å²) in [7, 11) is 1.53. The largest absolute Gasteiger partial charge is 0.507 e. The summed E-state index contributed by atoms with van der Waals surface area (Å²) in [5.74, 6) is -0.661. The van der Waals surface area contributed by atoms with Gasteiger partial charge in [0.2, 0.25) is 0 Å². The number of carbonyl (C=O) groups is 2. The number of para-hydroxylation sites is 1. The Labute approximate surface area is 198 Å². The quantitative estimate of drug-likeness (QED) is 0.319. The summed E-state index contributed by atoms with van der Waals surface area (Å²) in [6.45, 7) is 3.95. The van der Waals surface area contributed by atoms with Crippen molar-refractivity contribution in [2.24, 2.45) is 0 Å². The molecule has 7 heteroatoms. The van der Waals surface area contributed by atoms with Crippen molar-refractivity contribution in [2.45, 2.75) is 32.5 Å². The van der Waals surface area contributed by atoms with E-state index < -0.39 is 17.7 Å². The second kappa shape index (κ2) is 9.79. The summed E-state index contributed by atoms with van der Waals surface area (Å²) in [4.78, 5) is 32.0. The first-order valence-corrected chi connectivity index (χ1v) is 11.0. The van der Waals surface area contributed by atoms with Crippen LogP contribution in [0.15, 0.2) is 78.6 Å². The number of Topliss-reactive ketones (excluding diaryl/α,β-unsaturated/α-hetero) is 1. The summed E-state index contributed by atoms with van der Waals surface area (Å²) in [5, 5.41) is 11.3. The van der Waals surface area contributed by atoms with Crippen molar-refractivity contribution in [2.75, 3.05) is 7.11 Å². The van der Waals surface area contributed by atoms with Gasteiger partial charge in [0, 0.05) is 30.1 Å². The monoisotopic (exact) mass is 458 g/mol. The van der Waals surface area contributed by atoms with Crippen LogP contribution in [0, 0.1) is 0 Å². The Hall–Kier alpha value is -4.13. The fourth-order valence-electron chi connectivity index (χ4n) is 4.09. The highest BCUT2D eigenvalue weighted by Gasteiger charge is 2.47. The average Bonchev–Trinajstić information content (AvgIpc) is 3.08. The van der Waals surface area contributed by atoms with Crippen molar-refractivity contribution < 1.29 is 24.2 Å². The second-order valence-electron chi connectivity index (χ2n) is 8.22. The number of aliphatic hydroxyl groups is 1. The number of pyridine rings is 1. The first-order valence-electron chi connectivity index (χ1n) is 11.0. The first kappa shape index (κ1) is 23.0. The molecule has 0 aliphatic carbocycles. The van der Waals surface area contributed by atoms with E-state index in [1.807, 2.05) is 26.0 Å². The number of benzene rings is 2. The number of ether oxygens (including phenoxy) is 2. The van der Waals surface area contributed by atoms with Gasteiger partial charge in [-0.15, -0.1) is 0 Å². The Morgan fingerprint density at radius 2 is 1.88 bits per heavy atom. The number of likely N-dealkylation sites (tertiary alicyclic amines) is 1. The van der Waals surface area contributed by atoms with Gasteiger partial charge < -0.3 is 19.5 Å². The number of carbonyl (C=O) groups excluding carboxylic acids is 2. The number of hydrogen-bond acceptors (Lipinski definition) is 6. The van der Waals surface area contributed by atoms with Crippen LogP contribution in [-0.4, -0.2) is 39.9 Å². The van der Waals surface area contributed by atoms with Gasteiger partial charge >= 0.3 is 0 Å². The molecule has 1 atom stereocenters. The maximum atomic E-state index is 13.3. The van der Waals surface area contributed by atoms with Crippen LogP contribution in [0.4, 0.5) is 0 Å². The van der Waals surface area contributed by atoms with Crippen molar-refractivity contribution in [1.82, 2.24) is 9.88 Å². The fraction of sp³-hybridized carbons (Fsp3) is 0.222. The topological polar surface area (TPSA) is 89.0 Å². The van der Waals surface area contributed by atoms with E-state index in [1.165, 1.54) is 12.0 Å². The van der Waals surface area contributed by atoms with Gasteiger partial charge in [-0.2, -0.15) is 0 Å². The molecule has 7 nitrogen and oxygen atoms in total. The third kappa shape index (κ3) is 4.50. The second-order valence-corrected chi connectivity index (χ2v) is 8.22. The van der Waals surface area contributed by atoms with Gasteiger partial charge in [-0.3, -0.25) is 14.6 Å². The number of amides is 1. The summed E-state index contributed by atoms with van der Waals surface area (Å²) in [6, 6.07) is 16.8. The molecule has 1 aromatic heterocycles. The standard InChI is InChI=1S/C27H26N2O5/c1-17(2)34-20-10-6-9-19(14-20)25(30)23-24(21-11-4-5-12-22(21)33-3)29(27(32)26(23)31)16-18-8-7-13-28-15-18/h4-15,17,24,30H,16H2,1-3H3/b25-23+. The van der Waals surface area contributed by atoms with Crippen LogP contribution >= 0.6 is 0 Å². The third-order valence-corrected chi connectivity index (χ3v) is 5.53. The van der Waals surface area contributed by atoms with Crippen molar-refractivity contribution >= 4 is 17.4 Å². The summed E-state index contributed by atoms with van der Waals surface area (Å²) >= 11 is 0. The molecule has 0 bridgehead atoms. The molecule has 1 N–H and O–H groups in total. The van der Waals surface area contributed by atoms with Crippen LogP contribution in [0.1, 0.15) is 36.6 Å². The predicted octanol–water partition coefficient (Wildman–Crippen LogP) is 4.50. The van der Waals surface area contributed by atoms with E-state index in [1.54, 1.807) is 60.9 Å². The molecule has 4 rings (SSSR count). The number of methoxy groups -OCH3 is 1. The van der Waals surface area contributed by atoms with Gasteiger partial charge in [0.05, 0.1) is 24.8 Å². The highest BCUT2D eigenvalue weighted by molar-refractivity contribution is 6.46. The maximum Gasteiger partial charge on any atom is 0.295 e. The smallest absolute Gasteiger partial charge is 0.295 e. The summed E-state index contributed by atoms with van der Waals surface area (Å²) < 4.78 is 11.3. The molecule has 1 amide bonds. The molecule has 1 aliphatic rings. The fourth-order valence-corrected chi connectivity index (χ4v) is 4.09. The van der Waals surface area contributed by atoms with Gasteiger partial charge in [-0.1, -0.05) is 36.4 Å². The Balaban J connectivity index is 1.87. The van der Waals surface area contributed by atoms with E-state index in [0.29, 0.717) is 22.6 Å². The normalized spacial score (nSPS) is 17.3. The Morgan fingerprint density at radius 3 is 2.59 bits per heavy atom. The Bertz CT molecular complexity index is 1240. The zero-order valence-corrected chi connectivity index (χ0v) is 19.3. The van der Waals surface area contributed by atoms with Crippen LogP contribution in [0.3, 0.4) is 0 Å². The van der Waals surface area contributed by atoms with Gasteiger partial charge in [-0.25, -0.2) is 0 Å². The molecule has 1 unspecified atom stereocenters. The molecular formula is C27H26N2O5. The molecule has 2 heterocycles. The van der Waals surface area contributed by atoms with Crippen LogP contribution in [0.2, 0.25) is 0 Å². The van der Waals surface area contributed by atoms with E-state index in [4.69, 9.17) is 9.47 Å². The lowest BCUT2D eigenvalue weighted by molar-refractivity contribution is -0.140. The number of nitrogens with zero attached hydrogens (tertiary/aromatic N) is 2. The lowest BCUT2D eigenvalue weighted by atomic mass is 9.94. The van der Waals surface area contributed by atoms with Gasteiger partial charge in [0.15, 0.2) is 0 Å². The minimum atomic E-state index is -0.842. The van der Waals surface area contributed by atoms with Crippen molar-refractivity contribution in [3.8, 4) is 11.5 Å². The predicted molar refractivity (Wildman–Crippen MR) is 127 cm³/mol. The molecule has 0 spiro atoms. The molecule has 3 aromatic rings. The number of rotatable bonds is 7. The van der Waals surface area contributed by atoms with Gasteiger partial charge in [0.1, 0.15) is 17.3 Å². The number of aromatic nitrogens is 1. The lowest BCUT2D eigenvalue weighted by Gasteiger charge is -2.26. The van der Waals surface area contributed by atoms with Crippen molar-refractivity contribution in [1.29, 1.82) is 0 Å². The molecule has 1 saturated heterocycles. The summed E-state index contributed by atoms with van der Waals surface area (Å²) in [5.41, 5.74) is 1.75. The molecular weight excluding hydrogens is 432 g/mol. The maximum absolute atomic E-state index is 13.3. The van der Waals surface area contributed by atoms with Gasteiger partial charge in [-0.05, 0) is 43.7 Å². The molecule has 2 aromatic carbocycles. The minimum Gasteiger partial charge on any atom is -0.507 e. The molecule has 1 aliphatic heterocycles. The van der Waals surface area contributed by atoms with E-state index >= 15 is 0 Å². The lowest BCUT2D eigenvalue weighted by Crippen LogP contribution is -2.29. The first-order chi connectivity index (χ1) is 16.4. The van der Waals surface area contributed by atoms with E-state index in [0.717, 1.165) is 5.56 Å². The third-order valence-electron chi connectivity index (χ3n) is 5.53. The van der Waals surface area contributed by atoms with E-state index in [9.17, 15) is 14.7 Å². The van der Waals surface area contributed by atoms with E-state index in [2.05, 4.69) is 4.98 Å². The minimum absolute atomic E-state index is 0.0000808. The SMILES string of the molecule is COc1ccccc1C1/C(=C(\O)c2cccc(OC(C)C)c2)C(=O)C(=O)N1Cc1cccnc1. The number of ketones is 1. The Morgan fingerprint density at radius 1 is 1.09 bits per heavy atom. The van der Waals surface area contributed by atoms with Crippen LogP contribution in [0.25, 0.3) is 5.76 Å². The summed E-state index contributed by atoms with van der Waals surface area (Å²) in [6.07, 6.45) is 3.23. The average molecular weight is 459 g/mol. The van der Waals surface area contributed by atoms with Crippen LogP contribution in [-0.2, 0) is 16.1 Å². The van der Waals surface area contributed by atoms with Crippen molar-refractivity contribution in [3.05, 3.63) is 95.3 Å². The van der Waals surface area contributed by atoms with Crippen molar-refractivity contribution in [3.63, 3.8) is 0 Å². The number of aliphatic hydroxyl groups excluding tert-OH is 1. The molecule has 34 heavy (non-hydrogen) atoms. The molecule has 174 valence electrons. The Kier molecular flexibility index (Phi) is 6.63. The highest BCUT2D eigenvalue weighted by Crippen LogP contribution is 2.43. The number of hydrogen-bond donors (Lipinski definition) is 1. The zero-order chi connectivity index (χ0) is 24.2. The van der Waals surface area contributed by atoms with Gasteiger partial charge in [0.25, 0.3) is 11.7 Å². The highest BCUT2D eigenvalue weighted by atomic mass is 16.5. The van der Waals surface area contributed by atoms with Crippen LogP contribution in [0.5, 0.6) is 11.5 Å². The molecule has 0 saturated carbocycles. The molecule has 0 radical (unpaired) electrons. The van der Waals surface area contributed by atoms with Crippen LogP contribution < -0.4 is 9.47 Å².